The number of ether oxygens (including phenoxy) is 1. The second kappa shape index (κ2) is 9.80. The van der Waals surface area contributed by atoms with Gasteiger partial charge < -0.3 is 15.4 Å². The predicted octanol–water partition coefficient (Wildman–Crippen LogP) is 2.38. The van der Waals surface area contributed by atoms with Crippen molar-refractivity contribution in [2.24, 2.45) is 0 Å². The lowest BCUT2D eigenvalue weighted by Gasteiger charge is -2.32. The zero-order valence-corrected chi connectivity index (χ0v) is 19.3. The Bertz CT molecular complexity index is 1050. The molecular formula is C25H29FN4O4. The minimum absolute atomic E-state index is 0.0225. The van der Waals surface area contributed by atoms with Crippen molar-refractivity contribution >= 4 is 17.8 Å². The largest absolute Gasteiger partial charge is 0.497 e. The van der Waals surface area contributed by atoms with Crippen LogP contribution in [0.25, 0.3) is 0 Å². The van der Waals surface area contributed by atoms with Crippen LogP contribution in [0.3, 0.4) is 0 Å². The van der Waals surface area contributed by atoms with Gasteiger partial charge in [0, 0.05) is 25.7 Å². The van der Waals surface area contributed by atoms with E-state index in [4.69, 9.17) is 4.74 Å². The first-order chi connectivity index (χ1) is 16.3. The van der Waals surface area contributed by atoms with Gasteiger partial charge in [0.2, 0.25) is 5.91 Å². The highest BCUT2D eigenvalue weighted by Gasteiger charge is 2.49. The van der Waals surface area contributed by atoms with Gasteiger partial charge in [-0.2, -0.15) is 0 Å². The molecule has 9 heteroatoms. The van der Waals surface area contributed by atoms with Crippen molar-refractivity contribution < 1.29 is 23.5 Å². The molecule has 4 rings (SSSR count). The Morgan fingerprint density at radius 2 is 1.76 bits per heavy atom. The van der Waals surface area contributed by atoms with E-state index in [1.54, 1.807) is 50.4 Å². The molecule has 2 N–H and O–H groups in total. The van der Waals surface area contributed by atoms with E-state index in [2.05, 4.69) is 15.5 Å². The Labute approximate surface area is 198 Å². The molecule has 2 fully saturated rings. The number of nitrogens with zero attached hydrogens (tertiary/aromatic N) is 2. The second-order valence-electron chi connectivity index (χ2n) is 8.92. The fourth-order valence-corrected chi connectivity index (χ4v) is 4.46. The number of piperidine rings is 1. The molecule has 2 aliphatic rings. The number of amides is 4. The van der Waals surface area contributed by atoms with E-state index in [1.807, 2.05) is 0 Å². The van der Waals surface area contributed by atoms with E-state index >= 15 is 0 Å². The number of benzene rings is 2. The van der Waals surface area contributed by atoms with Gasteiger partial charge in [0.15, 0.2) is 0 Å². The van der Waals surface area contributed by atoms with E-state index < -0.39 is 17.5 Å². The number of halogens is 1. The number of methoxy groups -OCH3 is 1. The number of hydrogen-bond donors (Lipinski definition) is 2. The van der Waals surface area contributed by atoms with Gasteiger partial charge in [0.05, 0.1) is 7.11 Å². The van der Waals surface area contributed by atoms with Gasteiger partial charge in [-0.3, -0.25) is 19.4 Å². The number of likely N-dealkylation sites (tertiary alicyclic amines) is 1. The number of urea groups is 1. The Balaban J connectivity index is 1.28. The maximum absolute atomic E-state index is 13.1. The second-order valence-corrected chi connectivity index (χ2v) is 8.92. The molecule has 0 bridgehead atoms. The molecule has 0 aliphatic carbocycles. The maximum atomic E-state index is 13.1. The van der Waals surface area contributed by atoms with Gasteiger partial charge >= 0.3 is 6.03 Å². The lowest BCUT2D eigenvalue weighted by atomic mass is 9.92. The van der Waals surface area contributed by atoms with Crippen LogP contribution in [0.5, 0.6) is 5.75 Å². The summed E-state index contributed by atoms with van der Waals surface area (Å²) in [6, 6.07) is 12.7. The fraction of sp³-hybridized carbons (Fsp3) is 0.400. The summed E-state index contributed by atoms with van der Waals surface area (Å²) in [4.78, 5) is 41.4. The monoisotopic (exact) mass is 468 g/mol. The molecule has 2 heterocycles. The number of nitrogens with one attached hydrogen (secondary N) is 2. The van der Waals surface area contributed by atoms with Crippen molar-refractivity contribution in [1.82, 2.24) is 20.4 Å². The molecule has 1 atom stereocenters. The summed E-state index contributed by atoms with van der Waals surface area (Å²) in [6.45, 7) is 3.62. The third kappa shape index (κ3) is 5.04. The summed E-state index contributed by atoms with van der Waals surface area (Å²) in [7, 11) is 1.55. The van der Waals surface area contributed by atoms with Crippen LogP contribution in [-0.2, 0) is 21.7 Å². The normalized spacial score (nSPS) is 21.4. The van der Waals surface area contributed by atoms with E-state index in [0.717, 1.165) is 42.9 Å². The highest BCUT2D eigenvalue weighted by Crippen LogP contribution is 2.30. The molecule has 180 valence electrons. The molecular weight excluding hydrogens is 439 g/mol. The lowest BCUT2D eigenvalue weighted by Crippen LogP contribution is -2.48. The van der Waals surface area contributed by atoms with Crippen LogP contribution in [-0.4, -0.2) is 60.4 Å². The van der Waals surface area contributed by atoms with Crippen LogP contribution in [0.4, 0.5) is 9.18 Å². The molecule has 2 aliphatic heterocycles. The van der Waals surface area contributed by atoms with Crippen LogP contribution in [0.2, 0.25) is 0 Å². The van der Waals surface area contributed by atoms with E-state index in [9.17, 15) is 18.8 Å². The Kier molecular flexibility index (Phi) is 6.83. The minimum atomic E-state index is -1.24. The first kappa shape index (κ1) is 23.7. The van der Waals surface area contributed by atoms with Crippen LogP contribution in [0, 0.1) is 5.82 Å². The SMILES string of the molecule is COc1ccc(C2(C)NC(=O)N(CC(=O)NC3CCN(Cc4ccc(F)cc4)CC3)C2=O)cc1. The number of hydrogen-bond acceptors (Lipinski definition) is 5. The van der Waals surface area contributed by atoms with E-state index in [0.29, 0.717) is 11.3 Å². The third-order valence-electron chi connectivity index (χ3n) is 6.52. The molecule has 2 aromatic carbocycles. The van der Waals surface area contributed by atoms with Crippen molar-refractivity contribution in [3.8, 4) is 5.75 Å². The topological polar surface area (TPSA) is 91.0 Å². The molecule has 8 nitrogen and oxygen atoms in total. The standard InChI is InChI=1S/C25H29FN4O4/c1-25(18-5-9-21(34-2)10-6-18)23(32)30(24(33)28-25)16-22(31)27-20-11-13-29(14-12-20)15-17-3-7-19(26)8-4-17/h3-10,20H,11-16H2,1-2H3,(H,27,31)(H,28,33). The Hall–Kier alpha value is -3.46. The number of carbonyl (C=O) groups is 3. The summed E-state index contributed by atoms with van der Waals surface area (Å²) in [6.07, 6.45) is 1.52. The summed E-state index contributed by atoms with van der Waals surface area (Å²) in [5.74, 6) is -0.435. The van der Waals surface area contributed by atoms with Crippen molar-refractivity contribution in [2.75, 3.05) is 26.7 Å². The van der Waals surface area contributed by atoms with Crippen LogP contribution < -0.4 is 15.4 Å². The van der Waals surface area contributed by atoms with Gasteiger partial charge in [0.1, 0.15) is 23.7 Å². The quantitative estimate of drug-likeness (QED) is 0.609. The van der Waals surface area contributed by atoms with Crippen molar-refractivity contribution in [3.63, 3.8) is 0 Å². The van der Waals surface area contributed by atoms with E-state index in [1.165, 1.54) is 12.1 Å². The maximum Gasteiger partial charge on any atom is 0.325 e. The molecule has 0 spiro atoms. The summed E-state index contributed by atoms with van der Waals surface area (Å²) < 4.78 is 18.2. The smallest absolute Gasteiger partial charge is 0.325 e. The lowest BCUT2D eigenvalue weighted by molar-refractivity contribution is -0.135. The Morgan fingerprint density at radius 3 is 2.38 bits per heavy atom. The molecule has 0 radical (unpaired) electrons. The highest BCUT2D eigenvalue weighted by molar-refractivity contribution is 6.09. The average Bonchev–Trinajstić information content (AvgIpc) is 3.05. The van der Waals surface area contributed by atoms with Crippen molar-refractivity contribution in [1.29, 1.82) is 0 Å². The number of carbonyl (C=O) groups excluding carboxylic acids is 3. The van der Waals surface area contributed by atoms with Crippen molar-refractivity contribution in [2.45, 2.75) is 37.9 Å². The minimum Gasteiger partial charge on any atom is -0.497 e. The number of rotatable bonds is 7. The van der Waals surface area contributed by atoms with Gasteiger partial charge in [-0.1, -0.05) is 24.3 Å². The zero-order valence-electron chi connectivity index (χ0n) is 19.3. The molecule has 0 saturated carbocycles. The van der Waals surface area contributed by atoms with E-state index in [-0.39, 0.29) is 24.3 Å². The van der Waals surface area contributed by atoms with Crippen LogP contribution in [0.1, 0.15) is 30.9 Å². The van der Waals surface area contributed by atoms with Gasteiger partial charge in [-0.25, -0.2) is 9.18 Å². The Morgan fingerprint density at radius 1 is 1.12 bits per heavy atom. The highest BCUT2D eigenvalue weighted by atomic mass is 19.1. The first-order valence-electron chi connectivity index (χ1n) is 11.3. The van der Waals surface area contributed by atoms with Gasteiger partial charge in [-0.15, -0.1) is 0 Å². The summed E-state index contributed by atoms with van der Waals surface area (Å²) in [5, 5.41) is 5.67. The van der Waals surface area contributed by atoms with Crippen LogP contribution >= 0.6 is 0 Å². The average molecular weight is 469 g/mol. The van der Waals surface area contributed by atoms with Crippen molar-refractivity contribution in [3.05, 3.63) is 65.5 Å². The molecule has 0 aromatic heterocycles. The van der Waals surface area contributed by atoms with Crippen LogP contribution in [0.15, 0.2) is 48.5 Å². The molecule has 1 unspecified atom stereocenters. The summed E-state index contributed by atoms with van der Waals surface area (Å²) >= 11 is 0. The number of imide groups is 1. The molecule has 2 aromatic rings. The van der Waals surface area contributed by atoms with Gasteiger partial charge in [0.25, 0.3) is 5.91 Å². The third-order valence-corrected chi connectivity index (χ3v) is 6.52. The molecule has 4 amide bonds. The predicted molar refractivity (Wildman–Crippen MR) is 123 cm³/mol. The van der Waals surface area contributed by atoms with Gasteiger partial charge in [-0.05, 0) is 55.2 Å². The molecule has 2 saturated heterocycles. The fourth-order valence-electron chi connectivity index (χ4n) is 4.46. The zero-order chi connectivity index (χ0) is 24.3. The summed E-state index contributed by atoms with van der Waals surface area (Å²) in [5.41, 5.74) is 0.417. The first-order valence-corrected chi connectivity index (χ1v) is 11.3. The molecule has 34 heavy (non-hydrogen) atoms.